The number of Topliss-reactive ketones (excluding diaryl/α,β-unsaturated/α-hetero) is 1. The van der Waals surface area contributed by atoms with E-state index in [1.807, 2.05) is 18.7 Å². The number of nitrogens with zero attached hydrogens (tertiary/aromatic N) is 2. The van der Waals surface area contributed by atoms with E-state index in [1.165, 1.54) is 16.5 Å². The number of likely N-dealkylation sites (N-methyl/N-ethyl adjacent to an activating group) is 1. The highest BCUT2D eigenvalue weighted by molar-refractivity contribution is 6.12. The third-order valence-electron chi connectivity index (χ3n) is 7.12. The van der Waals surface area contributed by atoms with Crippen LogP contribution in [0.5, 0.6) is 0 Å². The summed E-state index contributed by atoms with van der Waals surface area (Å²) in [6.45, 7) is 5.71. The zero-order chi connectivity index (χ0) is 20.3. The van der Waals surface area contributed by atoms with Gasteiger partial charge in [-0.3, -0.25) is 14.5 Å². The second-order valence-corrected chi connectivity index (χ2v) is 8.86. The van der Waals surface area contributed by atoms with Gasteiger partial charge in [-0.25, -0.2) is 0 Å². The SMILES string of the molecule is CCN(CC)C(=O)[C@]1(C(=O)C2CC2)C=C2c3cccc4[nH]cc(c34)C[C@H]2N(C)C1. The van der Waals surface area contributed by atoms with Crippen molar-refractivity contribution in [2.45, 2.75) is 39.2 Å². The van der Waals surface area contributed by atoms with Crippen molar-refractivity contribution < 1.29 is 9.59 Å². The molecule has 3 aliphatic rings. The molecule has 2 heterocycles. The lowest BCUT2D eigenvalue weighted by molar-refractivity contribution is -0.148. The number of amides is 1. The minimum Gasteiger partial charge on any atom is -0.361 e. The van der Waals surface area contributed by atoms with Gasteiger partial charge in [-0.15, -0.1) is 0 Å². The summed E-state index contributed by atoms with van der Waals surface area (Å²) < 4.78 is 0. The van der Waals surface area contributed by atoms with Gasteiger partial charge in [0, 0.05) is 48.7 Å². The molecular weight excluding hydrogens is 362 g/mol. The Morgan fingerprint density at radius 2 is 2.00 bits per heavy atom. The fraction of sp³-hybridized carbons (Fsp3) is 0.500. The molecule has 0 spiro atoms. The van der Waals surface area contributed by atoms with Gasteiger partial charge in [0.15, 0.2) is 5.78 Å². The Morgan fingerprint density at radius 3 is 2.69 bits per heavy atom. The molecule has 2 aliphatic carbocycles. The number of benzene rings is 1. The predicted molar refractivity (Wildman–Crippen MR) is 114 cm³/mol. The number of carbonyl (C=O) groups excluding carboxylic acids is 2. The van der Waals surface area contributed by atoms with Crippen LogP contribution in [0.2, 0.25) is 0 Å². The number of fused-ring (bicyclic) bond motifs is 2. The Morgan fingerprint density at radius 1 is 1.24 bits per heavy atom. The molecule has 1 N–H and O–H groups in total. The summed E-state index contributed by atoms with van der Waals surface area (Å²) in [5.41, 5.74) is 3.69. The van der Waals surface area contributed by atoms with Crippen LogP contribution >= 0.6 is 0 Å². The number of hydrogen-bond acceptors (Lipinski definition) is 3. The summed E-state index contributed by atoms with van der Waals surface area (Å²) in [7, 11) is 2.07. The van der Waals surface area contributed by atoms with Gasteiger partial charge in [-0.1, -0.05) is 18.2 Å². The molecular formula is C24H29N3O2. The minimum absolute atomic E-state index is 0.0239. The first-order valence-corrected chi connectivity index (χ1v) is 10.9. The molecule has 2 aromatic rings. The van der Waals surface area contributed by atoms with Crippen LogP contribution in [-0.2, 0) is 16.0 Å². The number of ketones is 1. The van der Waals surface area contributed by atoms with Crippen LogP contribution in [0.25, 0.3) is 16.5 Å². The highest BCUT2D eigenvalue weighted by Gasteiger charge is 2.54. The number of aromatic amines is 1. The average molecular weight is 392 g/mol. The summed E-state index contributed by atoms with van der Waals surface area (Å²) in [4.78, 5) is 34.8. The monoisotopic (exact) mass is 391 g/mol. The highest BCUT2D eigenvalue weighted by Crippen LogP contribution is 2.47. The molecule has 1 saturated carbocycles. The molecule has 5 nitrogen and oxygen atoms in total. The molecule has 0 bridgehead atoms. The van der Waals surface area contributed by atoms with Gasteiger partial charge in [-0.05, 0) is 62.9 Å². The van der Waals surface area contributed by atoms with E-state index in [0.717, 1.165) is 30.4 Å². The third kappa shape index (κ3) is 2.63. The summed E-state index contributed by atoms with van der Waals surface area (Å²) in [5.74, 6) is 0.141. The van der Waals surface area contributed by atoms with Crippen molar-refractivity contribution in [3.63, 3.8) is 0 Å². The Balaban J connectivity index is 1.72. The summed E-state index contributed by atoms with van der Waals surface area (Å²) in [6, 6.07) is 6.50. The number of carbonyl (C=O) groups is 2. The maximum Gasteiger partial charge on any atom is 0.241 e. The molecule has 29 heavy (non-hydrogen) atoms. The number of H-pyrrole nitrogens is 1. The van der Waals surface area contributed by atoms with E-state index in [9.17, 15) is 9.59 Å². The molecule has 0 unspecified atom stereocenters. The van der Waals surface area contributed by atoms with Crippen molar-refractivity contribution in [2.75, 3.05) is 26.7 Å². The smallest absolute Gasteiger partial charge is 0.241 e. The summed E-state index contributed by atoms with van der Waals surface area (Å²) in [6.07, 6.45) is 6.92. The van der Waals surface area contributed by atoms with Crippen LogP contribution < -0.4 is 0 Å². The second kappa shape index (κ2) is 6.56. The molecule has 1 aromatic heterocycles. The Kier molecular flexibility index (Phi) is 4.21. The van der Waals surface area contributed by atoms with Gasteiger partial charge in [0.05, 0.1) is 0 Å². The fourth-order valence-electron chi connectivity index (χ4n) is 5.42. The third-order valence-corrected chi connectivity index (χ3v) is 7.12. The number of hydrogen-bond donors (Lipinski definition) is 1. The maximum atomic E-state index is 13.7. The van der Waals surface area contributed by atoms with E-state index in [1.54, 1.807) is 0 Å². The second-order valence-electron chi connectivity index (χ2n) is 8.86. The first kappa shape index (κ1) is 18.6. The van der Waals surface area contributed by atoms with Gasteiger partial charge in [0.2, 0.25) is 5.91 Å². The maximum absolute atomic E-state index is 13.7. The van der Waals surface area contributed by atoms with Crippen LogP contribution in [-0.4, -0.2) is 59.2 Å². The molecule has 5 heteroatoms. The lowest BCUT2D eigenvalue weighted by Gasteiger charge is -2.45. The van der Waals surface area contributed by atoms with Gasteiger partial charge < -0.3 is 9.88 Å². The lowest BCUT2D eigenvalue weighted by Crippen LogP contribution is -2.58. The molecule has 1 aromatic carbocycles. The zero-order valence-electron chi connectivity index (χ0n) is 17.5. The van der Waals surface area contributed by atoms with Crippen molar-refractivity contribution >= 4 is 28.2 Å². The molecule has 0 radical (unpaired) electrons. The van der Waals surface area contributed by atoms with Crippen molar-refractivity contribution in [2.24, 2.45) is 11.3 Å². The normalized spacial score (nSPS) is 26.2. The van der Waals surface area contributed by atoms with Gasteiger partial charge in [0.25, 0.3) is 0 Å². The van der Waals surface area contributed by atoms with Gasteiger partial charge in [0.1, 0.15) is 5.41 Å². The Labute approximate surface area is 171 Å². The molecule has 5 rings (SSSR count). The topological polar surface area (TPSA) is 56.4 Å². The Hall–Kier alpha value is -2.40. The number of nitrogens with one attached hydrogen (secondary N) is 1. The van der Waals surface area contributed by atoms with Crippen LogP contribution in [0.1, 0.15) is 37.8 Å². The van der Waals surface area contributed by atoms with Crippen LogP contribution in [0, 0.1) is 11.3 Å². The van der Waals surface area contributed by atoms with Crippen molar-refractivity contribution in [3.05, 3.63) is 41.6 Å². The number of rotatable bonds is 5. The van der Waals surface area contributed by atoms with Gasteiger partial charge in [-0.2, -0.15) is 0 Å². The highest BCUT2D eigenvalue weighted by atomic mass is 16.2. The molecule has 1 aliphatic heterocycles. The zero-order valence-corrected chi connectivity index (χ0v) is 17.5. The van der Waals surface area contributed by atoms with Crippen molar-refractivity contribution in [1.82, 2.24) is 14.8 Å². The van der Waals surface area contributed by atoms with Crippen molar-refractivity contribution in [1.29, 1.82) is 0 Å². The van der Waals surface area contributed by atoms with Crippen molar-refractivity contribution in [3.8, 4) is 0 Å². The predicted octanol–water partition coefficient (Wildman–Crippen LogP) is 3.26. The first-order chi connectivity index (χ1) is 14.0. The first-order valence-electron chi connectivity index (χ1n) is 10.9. The van der Waals surface area contributed by atoms with E-state index >= 15 is 0 Å². The van der Waals surface area contributed by atoms with Crippen LogP contribution in [0.3, 0.4) is 0 Å². The lowest BCUT2D eigenvalue weighted by atomic mass is 9.70. The van der Waals surface area contributed by atoms with E-state index in [2.05, 4.69) is 47.4 Å². The largest absolute Gasteiger partial charge is 0.361 e. The summed E-state index contributed by atoms with van der Waals surface area (Å²) in [5, 5.41) is 1.24. The molecule has 152 valence electrons. The molecule has 0 saturated heterocycles. The quantitative estimate of drug-likeness (QED) is 0.796. The number of aromatic nitrogens is 1. The fourth-order valence-corrected chi connectivity index (χ4v) is 5.42. The molecule has 1 amide bonds. The van der Waals surface area contributed by atoms with E-state index in [0.29, 0.717) is 19.6 Å². The van der Waals surface area contributed by atoms with E-state index in [4.69, 9.17) is 0 Å². The Bertz CT molecular complexity index is 1030. The molecule has 1 fully saturated rings. The van der Waals surface area contributed by atoms with E-state index in [-0.39, 0.29) is 23.7 Å². The summed E-state index contributed by atoms with van der Waals surface area (Å²) >= 11 is 0. The van der Waals surface area contributed by atoms with Crippen LogP contribution in [0.15, 0.2) is 30.5 Å². The minimum atomic E-state index is -1.07. The standard InChI is InChI=1S/C24H29N3O2/c1-4-27(5-2)23(29)24(22(28)15-9-10-15)12-18-17-7-6-8-19-21(17)16(13-25-19)11-20(18)26(3)14-24/h6-8,12-13,15,20,25H,4-5,9-11,14H2,1-3H3/t20-,24-/m1/s1. The van der Waals surface area contributed by atoms with Crippen LogP contribution in [0.4, 0.5) is 0 Å². The van der Waals surface area contributed by atoms with E-state index < -0.39 is 5.41 Å². The molecule has 2 atom stereocenters. The average Bonchev–Trinajstić information content (AvgIpc) is 3.50. The van der Waals surface area contributed by atoms with Gasteiger partial charge >= 0.3 is 0 Å².